The number of nitrogens with one attached hydrogen (secondary N) is 1. The summed E-state index contributed by atoms with van der Waals surface area (Å²) in [5, 5.41) is 11.7. The summed E-state index contributed by atoms with van der Waals surface area (Å²) in [6.45, 7) is 5.45. The van der Waals surface area contributed by atoms with Crippen molar-refractivity contribution < 1.29 is 9.59 Å². The van der Waals surface area contributed by atoms with E-state index in [1.807, 2.05) is 44.2 Å². The number of para-hydroxylation sites is 1. The van der Waals surface area contributed by atoms with Crippen LogP contribution in [0.2, 0.25) is 0 Å². The number of nitrogens with zero attached hydrogens (tertiary/aromatic N) is 2. The van der Waals surface area contributed by atoms with Gasteiger partial charge in [-0.2, -0.15) is 5.26 Å². The van der Waals surface area contributed by atoms with Gasteiger partial charge in [-0.3, -0.25) is 9.59 Å². The molecular weight excluding hydrogens is 314 g/mol. The van der Waals surface area contributed by atoms with Gasteiger partial charge in [0.15, 0.2) is 0 Å². The summed E-state index contributed by atoms with van der Waals surface area (Å²) >= 11 is 0. The van der Waals surface area contributed by atoms with Crippen LogP contribution in [0.15, 0.2) is 48.5 Å². The molecule has 5 nitrogen and oxygen atoms in total. The Labute approximate surface area is 147 Å². The zero-order chi connectivity index (χ0) is 18.4. The fraction of sp³-hybridized carbons (Fsp3) is 0.250. The molecule has 0 aliphatic rings. The predicted molar refractivity (Wildman–Crippen MR) is 98.3 cm³/mol. The fourth-order valence-corrected chi connectivity index (χ4v) is 2.60. The highest BCUT2D eigenvalue weighted by Gasteiger charge is 2.19. The Balaban J connectivity index is 2.21. The van der Waals surface area contributed by atoms with Crippen LogP contribution >= 0.6 is 0 Å². The first-order valence-electron chi connectivity index (χ1n) is 8.09. The number of hydrogen-bond donors (Lipinski definition) is 1. The van der Waals surface area contributed by atoms with Gasteiger partial charge in [-0.05, 0) is 35.7 Å². The number of amides is 2. The maximum absolute atomic E-state index is 12.4. The highest BCUT2D eigenvalue weighted by atomic mass is 16.2. The van der Waals surface area contributed by atoms with Gasteiger partial charge >= 0.3 is 0 Å². The van der Waals surface area contributed by atoms with Gasteiger partial charge in [-0.15, -0.1) is 0 Å². The molecule has 0 bridgehead atoms. The lowest BCUT2D eigenvalue weighted by Crippen LogP contribution is -2.37. The summed E-state index contributed by atoms with van der Waals surface area (Å²) in [6, 6.07) is 16.3. The van der Waals surface area contributed by atoms with E-state index >= 15 is 0 Å². The van der Waals surface area contributed by atoms with Gasteiger partial charge < -0.3 is 10.2 Å². The quantitative estimate of drug-likeness (QED) is 0.906. The average molecular weight is 335 g/mol. The van der Waals surface area contributed by atoms with Crippen molar-refractivity contribution in [3.8, 4) is 6.07 Å². The van der Waals surface area contributed by atoms with Gasteiger partial charge in [0.25, 0.3) is 0 Å². The number of benzene rings is 2. The topological polar surface area (TPSA) is 73.2 Å². The second kappa shape index (κ2) is 8.11. The van der Waals surface area contributed by atoms with Crippen LogP contribution in [0.5, 0.6) is 0 Å². The lowest BCUT2D eigenvalue weighted by Gasteiger charge is -2.25. The minimum atomic E-state index is -0.316. The third kappa shape index (κ3) is 4.67. The molecule has 0 saturated heterocycles. The molecule has 25 heavy (non-hydrogen) atoms. The van der Waals surface area contributed by atoms with Crippen LogP contribution in [0.4, 0.5) is 11.4 Å². The third-order valence-corrected chi connectivity index (χ3v) is 3.81. The van der Waals surface area contributed by atoms with Crippen molar-refractivity contribution in [2.24, 2.45) is 0 Å². The van der Waals surface area contributed by atoms with Crippen molar-refractivity contribution in [1.82, 2.24) is 0 Å². The predicted octanol–water partition coefficient (Wildman–Crippen LogP) is 3.67. The molecule has 2 amide bonds. The summed E-state index contributed by atoms with van der Waals surface area (Å²) < 4.78 is 0. The van der Waals surface area contributed by atoms with E-state index in [9.17, 15) is 9.59 Å². The first-order valence-corrected chi connectivity index (χ1v) is 8.09. The van der Waals surface area contributed by atoms with E-state index in [1.165, 1.54) is 11.8 Å². The van der Waals surface area contributed by atoms with Gasteiger partial charge in [0.1, 0.15) is 6.54 Å². The lowest BCUT2D eigenvalue weighted by atomic mass is 10.0. The smallest absolute Gasteiger partial charge is 0.244 e. The van der Waals surface area contributed by atoms with Gasteiger partial charge in [-0.25, -0.2) is 0 Å². The molecule has 0 aliphatic heterocycles. The molecule has 1 N–H and O–H groups in total. The average Bonchev–Trinajstić information content (AvgIpc) is 2.59. The monoisotopic (exact) mass is 335 g/mol. The summed E-state index contributed by atoms with van der Waals surface area (Å²) in [5.74, 6) is -0.286. The van der Waals surface area contributed by atoms with E-state index in [1.54, 1.807) is 24.3 Å². The fourth-order valence-electron chi connectivity index (χ4n) is 2.60. The third-order valence-electron chi connectivity index (χ3n) is 3.81. The zero-order valence-corrected chi connectivity index (χ0v) is 14.6. The summed E-state index contributed by atoms with van der Waals surface area (Å²) in [5.41, 5.74) is 2.75. The second-order valence-electron chi connectivity index (χ2n) is 6.06. The van der Waals surface area contributed by atoms with Gasteiger partial charge in [0.2, 0.25) is 11.8 Å². The van der Waals surface area contributed by atoms with Crippen molar-refractivity contribution in [1.29, 1.82) is 5.26 Å². The highest BCUT2D eigenvalue weighted by Crippen LogP contribution is 2.27. The van der Waals surface area contributed by atoms with E-state index < -0.39 is 0 Å². The van der Waals surface area contributed by atoms with Crippen LogP contribution in [0, 0.1) is 11.3 Å². The lowest BCUT2D eigenvalue weighted by molar-refractivity contribution is -0.120. The molecule has 2 aromatic rings. The molecule has 0 atom stereocenters. The SMILES string of the molecule is CC(=O)N(CC(=O)Nc1cccc(C#N)c1)c1ccccc1C(C)C. The number of rotatable bonds is 5. The van der Waals surface area contributed by atoms with Crippen molar-refractivity contribution in [2.45, 2.75) is 26.7 Å². The first kappa shape index (κ1) is 18.2. The standard InChI is InChI=1S/C20H21N3O2/c1-14(2)18-9-4-5-10-19(18)23(15(3)24)13-20(25)22-17-8-6-7-16(11-17)12-21/h4-11,14H,13H2,1-3H3,(H,22,25). The Morgan fingerprint density at radius 2 is 1.88 bits per heavy atom. The molecule has 2 aromatic carbocycles. The molecule has 2 rings (SSSR count). The Bertz CT molecular complexity index is 822. The summed E-state index contributed by atoms with van der Waals surface area (Å²) in [6.07, 6.45) is 0. The molecular formula is C20H21N3O2. The molecule has 0 aliphatic carbocycles. The normalized spacial score (nSPS) is 10.2. The molecule has 128 valence electrons. The molecule has 0 aromatic heterocycles. The maximum Gasteiger partial charge on any atom is 0.244 e. The van der Waals surface area contributed by atoms with Crippen molar-refractivity contribution >= 4 is 23.2 Å². The van der Waals surface area contributed by atoms with Crippen molar-refractivity contribution in [3.05, 3.63) is 59.7 Å². The van der Waals surface area contributed by atoms with E-state index in [4.69, 9.17) is 5.26 Å². The van der Waals surface area contributed by atoms with Crippen LogP contribution in [-0.2, 0) is 9.59 Å². The highest BCUT2D eigenvalue weighted by molar-refractivity contribution is 6.02. The minimum Gasteiger partial charge on any atom is -0.324 e. The molecule has 0 fully saturated rings. The Morgan fingerprint density at radius 3 is 2.52 bits per heavy atom. The molecule has 0 unspecified atom stereocenters. The van der Waals surface area contributed by atoms with Crippen LogP contribution in [0.3, 0.4) is 0 Å². The van der Waals surface area contributed by atoms with Crippen LogP contribution in [0.25, 0.3) is 0 Å². The van der Waals surface area contributed by atoms with Crippen LogP contribution < -0.4 is 10.2 Å². The Hall–Kier alpha value is -3.13. The summed E-state index contributed by atoms with van der Waals surface area (Å²) in [4.78, 5) is 26.0. The Morgan fingerprint density at radius 1 is 1.16 bits per heavy atom. The molecule has 0 spiro atoms. The van der Waals surface area contributed by atoms with Crippen LogP contribution in [0.1, 0.15) is 37.8 Å². The maximum atomic E-state index is 12.4. The minimum absolute atomic E-state index is 0.0875. The van der Waals surface area contributed by atoms with E-state index in [0.29, 0.717) is 11.3 Å². The van der Waals surface area contributed by atoms with E-state index in [0.717, 1.165) is 11.3 Å². The molecule has 0 radical (unpaired) electrons. The first-order chi connectivity index (χ1) is 11.9. The number of anilines is 2. The number of hydrogen-bond acceptors (Lipinski definition) is 3. The van der Waals surface area contributed by atoms with Crippen molar-refractivity contribution in [2.75, 3.05) is 16.8 Å². The molecule has 5 heteroatoms. The number of carbonyl (C=O) groups is 2. The van der Waals surface area contributed by atoms with Gasteiger partial charge in [0, 0.05) is 18.3 Å². The zero-order valence-electron chi connectivity index (χ0n) is 14.6. The van der Waals surface area contributed by atoms with Crippen molar-refractivity contribution in [3.63, 3.8) is 0 Å². The van der Waals surface area contributed by atoms with Gasteiger partial charge in [0.05, 0.1) is 11.6 Å². The molecule has 0 heterocycles. The second-order valence-corrected chi connectivity index (χ2v) is 6.06. The van der Waals surface area contributed by atoms with E-state index in [-0.39, 0.29) is 24.3 Å². The largest absolute Gasteiger partial charge is 0.324 e. The number of carbonyl (C=O) groups excluding carboxylic acids is 2. The molecule has 0 saturated carbocycles. The van der Waals surface area contributed by atoms with Crippen LogP contribution in [-0.4, -0.2) is 18.4 Å². The number of nitriles is 1. The summed E-state index contributed by atoms with van der Waals surface area (Å²) in [7, 11) is 0. The van der Waals surface area contributed by atoms with E-state index in [2.05, 4.69) is 5.32 Å². The Kier molecular flexibility index (Phi) is 5.91. The van der Waals surface area contributed by atoms with Gasteiger partial charge in [-0.1, -0.05) is 38.1 Å².